The fourth-order valence-electron chi connectivity index (χ4n) is 1.39. The Morgan fingerprint density at radius 2 is 2.00 bits per heavy atom. The number of aliphatic hydroxyl groups is 1. The molecule has 1 aliphatic rings. The molecule has 1 aliphatic heterocycles. The van der Waals surface area contributed by atoms with E-state index in [1.54, 1.807) is 18.2 Å². The molecule has 0 aromatic heterocycles. The lowest BCUT2D eigenvalue weighted by molar-refractivity contribution is 0.187. The Balaban J connectivity index is 2.38. The van der Waals surface area contributed by atoms with Crippen molar-refractivity contribution in [3.63, 3.8) is 0 Å². The first-order chi connectivity index (χ1) is 7.02. The van der Waals surface area contributed by atoms with Gasteiger partial charge in [-0.1, -0.05) is 6.07 Å². The van der Waals surface area contributed by atoms with Gasteiger partial charge in [0, 0.05) is 6.54 Å². The second-order valence-electron chi connectivity index (χ2n) is 3.26. The molecule has 0 fully saturated rings. The molecule has 0 saturated heterocycles. The zero-order valence-corrected chi connectivity index (χ0v) is 8.58. The molecule has 0 radical (unpaired) electrons. The number of benzene rings is 1. The summed E-state index contributed by atoms with van der Waals surface area (Å²) in [5.41, 5.74) is 6.79. The Labute approximate surface area is 87.3 Å². The summed E-state index contributed by atoms with van der Waals surface area (Å²) in [7, 11) is -3.47. The third-order valence-corrected chi connectivity index (χ3v) is 3.12. The first-order valence-corrected chi connectivity index (χ1v) is 5.83. The van der Waals surface area contributed by atoms with Crippen LogP contribution in [0.1, 0.15) is 11.7 Å². The third-order valence-electron chi connectivity index (χ3n) is 2.14. The number of anilines is 2. The fraction of sp³-hybridized carbons (Fsp3) is 0.250. The van der Waals surface area contributed by atoms with Gasteiger partial charge in [0.1, 0.15) is 0 Å². The van der Waals surface area contributed by atoms with Crippen LogP contribution in [0.5, 0.6) is 0 Å². The SMILES string of the molecule is NCC(O)c1ccc2c(c1)NS(=O)(=O)N2. The third kappa shape index (κ3) is 1.89. The predicted octanol–water partition coefficient (Wildman–Crippen LogP) is -0.239. The maximum Gasteiger partial charge on any atom is 0.321 e. The number of aliphatic hydroxyl groups excluding tert-OH is 1. The van der Waals surface area contributed by atoms with Crippen LogP contribution in [0.4, 0.5) is 11.4 Å². The van der Waals surface area contributed by atoms with Crippen molar-refractivity contribution in [3.05, 3.63) is 23.8 Å². The quantitative estimate of drug-likeness (QED) is 0.561. The molecule has 7 heteroatoms. The van der Waals surface area contributed by atoms with Crippen LogP contribution in [0.15, 0.2) is 18.2 Å². The Hall–Kier alpha value is -1.31. The average molecular weight is 229 g/mol. The van der Waals surface area contributed by atoms with Crippen LogP contribution < -0.4 is 15.2 Å². The molecule has 0 saturated carbocycles. The zero-order chi connectivity index (χ0) is 11.1. The maximum atomic E-state index is 11.1. The van der Waals surface area contributed by atoms with E-state index >= 15 is 0 Å². The number of rotatable bonds is 2. The van der Waals surface area contributed by atoms with Crippen LogP contribution >= 0.6 is 0 Å². The van der Waals surface area contributed by atoms with Crippen molar-refractivity contribution in [2.45, 2.75) is 6.10 Å². The summed E-state index contributed by atoms with van der Waals surface area (Å²) in [6, 6.07) is 4.78. The lowest BCUT2D eigenvalue weighted by Gasteiger charge is -2.08. The van der Waals surface area contributed by atoms with E-state index in [9.17, 15) is 13.5 Å². The molecule has 1 atom stereocenters. The molecule has 0 amide bonds. The largest absolute Gasteiger partial charge is 0.387 e. The second kappa shape index (κ2) is 3.37. The lowest BCUT2D eigenvalue weighted by atomic mass is 10.1. The molecule has 0 aliphatic carbocycles. The van der Waals surface area contributed by atoms with Crippen LogP contribution in [-0.2, 0) is 10.2 Å². The van der Waals surface area contributed by atoms with Gasteiger partial charge in [0.15, 0.2) is 0 Å². The number of nitrogens with one attached hydrogen (secondary N) is 2. The molecule has 6 nitrogen and oxygen atoms in total. The van der Waals surface area contributed by atoms with E-state index in [1.165, 1.54) is 0 Å². The van der Waals surface area contributed by atoms with Gasteiger partial charge >= 0.3 is 10.2 Å². The molecule has 0 spiro atoms. The fourth-order valence-corrected chi connectivity index (χ4v) is 2.37. The van der Waals surface area contributed by atoms with Crippen LogP contribution in [-0.4, -0.2) is 20.1 Å². The highest BCUT2D eigenvalue weighted by atomic mass is 32.2. The van der Waals surface area contributed by atoms with Crippen molar-refractivity contribution in [2.75, 3.05) is 16.0 Å². The Bertz CT molecular complexity index is 486. The van der Waals surface area contributed by atoms with Crippen molar-refractivity contribution in [2.24, 2.45) is 5.73 Å². The van der Waals surface area contributed by atoms with Gasteiger partial charge < -0.3 is 10.8 Å². The van der Waals surface area contributed by atoms with E-state index in [1.807, 2.05) is 0 Å². The van der Waals surface area contributed by atoms with Gasteiger partial charge in [0.05, 0.1) is 17.5 Å². The number of hydrogen-bond acceptors (Lipinski definition) is 4. The summed E-state index contributed by atoms with van der Waals surface area (Å²) in [5.74, 6) is 0. The van der Waals surface area contributed by atoms with E-state index < -0.39 is 16.3 Å². The Morgan fingerprint density at radius 1 is 1.33 bits per heavy atom. The van der Waals surface area contributed by atoms with Crippen molar-refractivity contribution < 1.29 is 13.5 Å². The van der Waals surface area contributed by atoms with Gasteiger partial charge in [-0.3, -0.25) is 9.44 Å². The van der Waals surface area contributed by atoms with Crippen LogP contribution in [0.3, 0.4) is 0 Å². The van der Waals surface area contributed by atoms with Gasteiger partial charge in [0.2, 0.25) is 0 Å². The summed E-state index contributed by atoms with van der Waals surface area (Å²) >= 11 is 0. The van der Waals surface area contributed by atoms with Gasteiger partial charge in [-0.25, -0.2) is 0 Å². The molecule has 82 valence electrons. The molecule has 5 N–H and O–H groups in total. The molecule has 1 heterocycles. The van der Waals surface area contributed by atoms with E-state index in [0.717, 1.165) is 0 Å². The Kier molecular flexibility index (Phi) is 2.29. The lowest BCUT2D eigenvalue weighted by Crippen LogP contribution is -2.13. The molecule has 0 bridgehead atoms. The van der Waals surface area contributed by atoms with Gasteiger partial charge in [-0.2, -0.15) is 8.42 Å². The van der Waals surface area contributed by atoms with E-state index in [4.69, 9.17) is 5.73 Å². The van der Waals surface area contributed by atoms with Crippen molar-refractivity contribution in [1.29, 1.82) is 0 Å². The average Bonchev–Trinajstić information content (AvgIpc) is 2.49. The van der Waals surface area contributed by atoms with E-state index in [-0.39, 0.29) is 6.54 Å². The molecular weight excluding hydrogens is 218 g/mol. The minimum atomic E-state index is -3.47. The van der Waals surface area contributed by atoms with Crippen molar-refractivity contribution >= 4 is 21.6 Å². The summed E-state index contributed by atoms with van der Waals surface area (Å²) in [4.78, 5) is 0. The number of hydrogen-bond donors (Lipinski definition) is 4. The first-order valence-electron chi connectivity index (χ1n) is 4.34. The highest BCUT2D eigenvalue weighted by Gasteiger charge is 2.22. The summed E-state index contributed by atoms with van der Waals surface area (Å²) in [6.45, 7) is 0.0962. The van der Waals surface area contributed by atoms with Crippen molar-refractivity contribution in [1.82, 2.24) is 0 Å². The van der Waals surface area contributed by atoms with Crippen LogP contribution in [0.25, 0.3) is 0 Å². The molecule has 1 unspecified atom stereocenters. The summed E-state index contributed by atoms with van der Waals surface area (Å²) in [5, 5.41) is 9.47. The van der Waals surface area contributed by atoms with Crippen LogP contribution in [0, 0.1) is 0 Å². The number of nitrogens with two attached hydrogens (primary N) is 1. The molecule has 15 heavy (non-hydrogen) atoms. The van der Waals surface area contributed by atoms with Gasteiger partial charge in [0.25, 0.3) is 0 Å². The van der Waals surface area contributed by atoms with Gasteiger partial charge in [-0.15, -0.1) is 0 Å². The smallest absolute Gasteiger partial charge is 0.321 e. The van der Waals surface area contributed by atoms with Crippen LogP contribution in [0.2, 0.25) is 0 Å². The van der Waals surface area contributed by atoms with Gasteiger partial charge in [-0.05, 0) is 17.7 Å². The second-order valence-corrected chi connectivity index (χ2v) is 4.68. The Morgan fingerprint density at radius 3 is 2.67 bits per heavy atom. The molecular formula is C8H11N3O3S. The summed E-state index contributed by atoms with van der Waals surface area (Å²) < 4.78 is 26.9. The molecule has 1 aromatic rings. The monoisotopic (exact) mass is 229 g/mol. The summed E-state index contributed by atoms with van der Waals surface area (Å²) in [6.07, 6.45) is -0.777. The molecule has 1 aromatic carbocycles. The standard InChI is InChI=1S/C8H11N3O3S/c9-4-8(12)5-1-2-6-7(3-5)11-15(13,14)10-6/h1-3,8,10-12H,4,9H2. The highest BCUT2D eigenvalue weighted by Crippen LogP contribution is 2.31. The maximum absolute atomic E-state index is 11.1. The molecule has 2 rings (SSSR count). The minimum Gasteiger partial charge on any atom is -0.387 e. The highest BCUT2D eigenvalue weighted by molar-refractivity contribution is 7.94. The minimum absolute atomic E-state index is 0.0962. The predicted molar refractivity (Wildman–Crippen MR) is 56.6 cm³/mol. The topological polar surface area (TPSA) is 104 Å². The van der Waals surface area contributed by atoms with E-state index in [0.29, 0.717) is 16.9 Å². The normalized spacial score (nSPS) is 18.8. The number of fused-ring (bicyclic) bond motifs is 1. The zero-order valence-electron chi connectivity index (χ0n) is 7.77. The van der Waals surface area contributed by atoms with E-state index in [2.05, 4.69) is 9.44 Å². The van der Waals surface area contributed by atoms with Crippen molar-refractivity contribution in [3.8, 4) is 0 Å². The first kappa shape index (κ1) is 10.2.